The fourth-order valence-electron chi connectivity index (χ4n) is 2.48. The zero-order valence-electron chi connectivity index (χ0n) is 17.0. The van der Waals surface area contributed by atoms with E-state index in [2.05, 4.69) is 15.9 Å². The van der Waals surface area contributed by atoms with Crippen LogP contribution in [-0.2, 0) is 9.31 Å². The lowest BCUT2D eigenvalue weighted by atomic mass is 9.77. The first-order valence-electron chi connectivity index (χ1n) is 8.70. The second kappa shape index (κ2) is 8.71. The Balaban J connectivity index is 0.000000258. The topological polar surface area (TPSA) is 70.5 Å². The summed E-state index contributed by atoms with van der Waals surface area (Å²) in [6.45, 7) is 6.71. The molecule has 0 spiro atoms. The maximum atomic E-state index is 13.8. The number of nitrogen functional groups attached to an aromatic ring is 2. The van der Waals surface area contributed by atoms with Gasteiger partial charge in [0.15, 0.2) is 46.5 Å². The summed E-state index contributed by atoms with van der Waals surface area (Å²) in [6.07, 6.45) is 0. The molecular formula is C18H16BBrF8N2O2. The van der Waals surface area contributed by atoms with Gasteiger partial charge >= 0.3 is 7.12 Å². The number of hydrogen-bond donors (Lipinski definition) is 2. The van der Waals surface area contributed by atoms with Crippen LogP contribution in [0.1, 0.15) is 27.7 Å². The van der Waals surface area contributed by atoms with Crippen molar-refractivity contribution < 1.29 is 44.4 Å². The molecule has 4 nitrogen and oxygen atoms in total. The molecular weight excluding hydrogens is 519 g/mol. The van der Waals surface area contributed by atoms with Crippen molar-refractivity contribution in [2.24, 2.45) is 0 Å². The maximum absolute atomic E-state index is 13.8. The monoisotopic (exact) mass is 534 g/mol. The Bertz CT molecular complexity index is 934. The van der Waals surface area contributed by atoms with Crippen LogP contribution in [0.5, 0.6) is 0 Å². The van der Waals surface area contributed by atoms with Gasteiger partial charge in [0, 0.05) is 5.46 Å². The van der Waals surface area contributed by atoms with Gasteiger partial charge in [0.25, 0.3) is 0 Å². The minimum Gasteiger partial charge on any atom is -0.399 e. The Labute approximate surface area is 186 Å². The van der Waals surface area contributed by atoms with Gasteiger partial charge in [0.2, 0.25) is 0 Å². The Hall–Kier alpha value is -2.06. The van der Waals surface area contributed by atoms with Crippen molar-refractivity contribution in [2.45, 2.75) is 38.9 Å². The largest absolute Gasteiger partial charge is 0.500 e. The van der Waals surface area contributed by atoms with E-state index in [1.807, 2.05) is 0 Å². The van der Waals surface area contributed by atoms with Gasteiger partial charge < -0.3 is 20.8 Å². The van der Waals surface area contributed by atoms with Crippen LogP contribution < -0.4 is 16.9 Å². The van der Waals surface area contributed by atoms with Crippen LogP contribution in [0, 0.1) is 46.5 Å². The molecule has 0 atom stereocenters. The highest BCUT2D eigenvalue weighted by Gasteiger charge is 2.53. The molecule has 1 aliphatic heterocycles. The van der Waals surface area contributed by atoms with Gasteiger partial charge in [-0.3, -0.25) is 0 Å². The lowest BCUT2D eigenvalue weighted by molar-refractivity contribution is 0.00578. The molecule has 1 heterocycles. The van der Waals surface area contributed by atoms with E-state index >= 15 is 0 Å². The average molecular weight is 535 g/mol. The van der Waals surface area contributed by atoms with Crippen LogP contribution in [0.2, 0.25) is 0 Å². The maximum Gasteiger partial charge on any atom is 0.500 e. The predicted octanol–water partition coefficient (Wildman–Crippen LogP) is 4.71. The first-order chi connectivity index (χ1) is 14.5. The molecule has 14 heteroatoms. The smallest absolute Gasteiger partial charge is 0.399 e. The van der Waals surface area contributed by atoms with Crippen molar-refractivity contribution >= 4 is 39.9 Å². The second-order valence-electron chi connectivity index (χ2n) is 7.66. The Morgan fingerprint density at radius 2 is 0.938 bits per heavy atom. The molecule has 1 fully saturated rings. The summed E-state index contributed by atoms with van der Waals surface area (Å²) in [6, 6.07) is 0. The molecule has 3 rings (SSSR count). The van der Waals surface area contributed by atoms with E-state index in [4.69, 9.17) is 20.8 Å². The van der Waals surface area contributed by atoms with Gasteiger partial charge in [0.1, 0.15) is 0 Å². The number of rotatable bonds is 1. The number of anilines is 2. The summed E-state index contributed by atoms with van der Waals surface area (Å²) in [4.78, 5) is 0. The zero-order valence-corrected chi connectivity index (χ0v) is 18.5. The van der Waals surface area contributed by atoms with E-state index in [1.165, 1.54) is 0 Å². The standard InChI is InChI=1S/C12H14BF4NO2.C6H2BrF4N/c1-11(2)12(3,4)20-13(19-11)5-6(14)7(15)8(16)9(17)10(5)18;7-1-2(8)3(9)4(10)5(11)6(1)12/h18H2,1-4H3;12H2. The molecule has 0 aliphatic carbocycles. The lowest BCUT2D eigenvalue weighted by Gasteiger charge is -2.32. The molecule has 4 N–H and O–H groups in total. The van der Waals surface area contributed by atoms with Crippen LogP contribution in [0.3, 0.4) is 0 Å². The molecule has 1 aliphatic rings. The van der Waals surface area contributed by atoms with Crippen LogP contribution in [0.15, 0.2) is 4.47 Å². The van der Waals surface area contributed by atoms with Crippen molar-refractivity contribution in [2.75, 3.05) is 11.5 Å². The number of hydrogen-bond acceptors (Lipinski definition) is 4. The van der Waals surface area contributed by atoms with Gasteiger partial charge in [-0.2, -0.15) is 0 Å². The average Bonchev–Trinajstić information content (AvgIpc) is 2.93. The minimum absolute atomic E-state index is 0.612. The first-order valence-corrected chi connectivity index (χ1v) is 9.49. The van der Waals surface area contributed by atoms with Crippen molar-refractivity contribution in [3.05, 3.63) is 51.0 Å². The van der Waals surface area contributed by atoms with E-state index in [9.17, 15) is 35.1 Å². The lowest BCUT2D eigenvalue weighted by Crippen LogP contribution is -2.41. The highest BCUT2D eigenvalue weighted by molar-refractivity contribution is 9.10. The summed E-state index contributed by atoms with van der Waals surface area (Å²) in [5.74, 6) is -14.1. The van der Waals surface area contributed by atoms with Crippen LogP contribution in [0.25, 0.3) is 0 Å². The molecule has 0 saturated carbocycles. The first kappa shape index (κ1) is 26.2. The number of nitrogens with two attached hydrogens (primary N) is 2. The molecule has 0 aromatic heterocycles. The van der Waals surface area contributed by atoms with Gasteiger partial charge in [-0.25, -0.2) is 35.1 Å². The summed E-state index contributed by atoms with van der Waals surface area (Å²) in [5.41, 5.74) is 6.20. The van der Waals surface area contributed by atoms with E-state index in [0.717, 1.165) is 0 Å². The van der Waals surface area contributed by atoms with Crippen LogP contribution in [0.4, 0.5) is 46.5 Å². The van der Waals surface area contributed by atoms with Gasteiger partial charge in [0.05, 0.1) is 27.0 Å². The predicted molar refractivity (Wildman–Crippen MR) is 105 cm³/mol. The molecule has 176 valence electrons. The van der Waals surface area contributed by atoms with Crippen molar-refractivity contribution in [1.82, 2.24) is 0 Å². The summed E-state index contributed by atoms with van der Waals surface area (Å²) < 4.78 is 114. The molecule has 32 heavy (non-hydrogen) atoms. The van der Waals surface area contributed by atoms with E-state index in [1.54, 1.807) is 27.7 Å². The van der Waals surface area contributed by atoms with Crippen molar-refractivity contribution in [1.29, 1.82) is 0 Å². The molecule has 2 aromatic carbocycles. The normalized spacial score (nSPS) is 16.7. The van der Waals surface area contributed by atoms with E-state index in [-0.39, 0.29) is 0 Å². The third kappa shape index (κ3) is 4.27. The van der Waals surface area contributed by atoms with Crippen LogP contribution in [-0.4, -0.2) is 18.3 Å². The Morgan fingerprint density at radius 1 is 0.594 bits per heavy atom. The molecule has 2 aromatic rings. The van der Waals surface area contributed by atoms with Gasteiger partial charge in [-0.1, -0.05) is 0 Å². The SMILES string of the molecule is CC1(C)OB(c2c(N)c(F)c(F)c(F)c2F)OC1(C)C.Nc1c(F)c(F)c(F)c(F)c1Br. The summed E-state index contributed by atoms with van der Waals surface area (Å²) >= 11 is 2.47. The summed E-state index contributed by atoms with van der Waals surface area (Å²) in [5, 5.41) is 0. The summed E-state index contributed by atoms with van der Waals surface area (Å²) in [7, 11) is -1.41. The quantitative estimate of drug-likeness (QED) is 0.183. The number of benzene rings is 2. The van der Waals surface area contributed by atoms with E-state index in [0.29, 0.717) is 0 Å². The highest BCUT2D eigenvalue weighted by Crippen LogP contribution is 2.37. The fourth-order valence-corrected chi connectivity index (χ4v) is 2.83. The van der Waals surface area contributed by atoms with Crippen molar-refractivity contribution in [3.8, 4) is 0 Å². The molecule has 0 bridgehead atoms. The number of halogens is 9. The molecule has 1 saturated heterocycles. The van der Waals surface area contributed by atoms with Crippen molar-refractivity contribution in [3.63, 3.8) is 0 Å². The highest BCUT2D eigenvalue weighted by atomic mass is 79.9. The molecule has 0 unspecified atom stereocenters. The molecule has 0 radical (unpaired) electrons. The second-order valence-corrected chi connectivity index (χ2v) is 8.45. The van der Waals surface area contributed by atoms with Gasteiger partial charge in [-0.15, -0.1) is 0 Å². The Kier molecular flexibility index (Phi) is 7.13. The van der Waals surface area contributed by atoms with Crippen LogP contribution >= 0.6 is 15.9 Å². The fraction of sp³-hybridized carbons (Fsp3) is 0.333. The van der Waals surface area contributed by atoms with Gasteiger partial charge in [-0.05, 0) is 43.6 Å². The Morgan fingerprint density at radius 3 is 1.38 bits per heavy atom. The molecule has 0 amide bonds. The zero-order chi connectivity index (χ0) is 24.9. The third-order valence-corrected chi connectivity index (χ3v) is 5.85. The third-order valence-electron chi connectivity index (χ3n) is 5.07. The minimum atomic E-state index is -1.96. The van der Waals surface area contributed by atoms with E-state index < -0.39 is 86.2 Å².